The van der Waals surface area contributed by atoms with Gasteiger partial charge in [0.2, 0.25) is 5.91 Å². The minimum Gasteiger partial charge on any atom is -0.491 e. The lowest BCUT2D eigenvalue weighted by molar-refractivity contribution is -0.121. The Morgan fingerprint density at radius 1 is 1.27 bits per heavy atom. The van der Waals surface area contributed by atoms with Crippen molar-refractivity contribution in [2.75, 3.05) is 26.2 Å². The van der Waals surface area contributed by atoms with E-state index < -0.39 is 0 Å². The van der Waals surface area contributed by atoms with Crippen LogP contribution in [0.3, 0.4) is 0 Å². The standard InChI is InChI=1S/C20H29N3O3/c1-2-9-21-20(25)23-10-11-26-18-7-5-15(12-17(18)14-23)6-8-19(24)22-13-16-3-4-16/h5,7,12,16H,2-4,6,8-11,13-14H2,1H3,(H,21,25)(H,22,24). The Kier molecular flexibility index (Phi) is 6.36. The Morgan fingerprint density at radius 3 is 2.88 bits per heavy atom. The minimum absolute atomic E-state index is 0.0480. The van der Waals surface area contributed by atoms with Crippen LogP contribution >= 0.6 is 0 Å². The van der Waals surface area contributed by atoms with Crippen LogP contribution in [0.25, 0.3) is 0 Å². The van der Waals surface area contributed by atoms with Crippen molar-refractivity contribution in [3.63, 3.8) is 0 Å². The number of amides is 3. The van der Waals surface area contributed by atoms with Crippen LogP contribution in [-0.2, 0) is 17.8 Å². The van der Waals surface area contributed by atoms with Crippen molar-refractivity contribution < 1.29 is 14.3 Å². The zero-order valence-corrected chi connectivity index (χ0v) is 15.6. The van der Waals surface area contributed by atoms with Gasteiger partial charge in [-0.15, -0.1) is 0 Å². The summed E-state index contributed by atoms with van der Waals surface area (Å²) in [7, 11) is 0. The summed E-state index contributed by atoms with van der Waals surface area (Å²) >= 11 is 0. The fraction of sp³-hybridized carbons (Fsp3) is 0.600. The molecule has 3 amide bonds. The van der Waals surface area contributed by atoms with Crippen LogP contribution in [0.15, 0.2) is 18.2 Å². The van der Waals surface area contributed by atoms with E-state index in [1.165, 1.54) is 12.8 Å². The molecule has 142 valence electrons. The van der Waals surface area contributed by atoms with Crippen LogP contribution in [-0.4, -0.2) is 43.1 Å². The Morgan fingerprint density at radius 2 is 2.12 bits per heavy atom. The molecular weight excluding hydrogens is 330 g/mol. The molecule has 1 aliphatic carbocycles. The molecule has 1 saturated carbocycles. The number of carbonyl (C=O) groups excluding carboxylic acids is 2. The monoisotopic (exact) mass is 359 g/mol. The number of aryl methyl sites for hydroxylation is 1. The maximum absolute atomic E-state index is 12.3. The van der Waals surface area contributed by atoms with E-state index in [1.807, 2.05) is 19.1 Å². The first kappa shape index (κ1) is 18.5. The van der Waals surface area contributed by atoms with E-state index in [-0.39, 0.29) is 11.9 Å². The van der Waals surface area contributed by atoms with Gasteiger partial charge in [-0.3, -0.25) is 4.79 Å². The summed E-state index contributed by atoms with van der Waals surface area (Å²) in [6.45, 7) is 5.14. The number of rotatable bonds is 7. The number of urea groups is 1. The van der Waals surface area contributed by atoms with E-state index in [1.54, 1.807) is 4.90 Å². The van der Waals surface area contributed by atoms with Gasteiger partial charge in [0.1, 0.15) is 12.4 Å². The summed E-state index contributed by atoms with van der Waals surface area (Å²) in [5.74, 6) is 1.65. The maximum atomic E-state index is 12.3. The minimum atomic E-state index is -0.0480. The molecule has 1 fully saturated rings. The van der Waals surface area contributed by atoms with Gasteiger partial charge in [0.25, 0.3) is 0 Å². The summed E-state index contributed by atoms with van der Waals surface area (Å²) in [5.41, 5.74) is 2.11. The van der Waals surface area contributed by atoms with Gasteiger partial charge in [-0.2, -0.15) is 0 Å². The van der Waals surface area contributed by atoms with Crippen molar-refractivity contribution in [2.45, 2.75) is 45.6 Å². The summed E-state index contributed by atoms with van der Waals surface area (Å²) in [4.78, 5) is 26.0. The molecule has 1 aromatic carbocycles. The molecule has 1 heterocycles. The van der Waals surface area contributed by atoms with Crippen molar-refractivity contribution in [1.29, 1.82) is 0 Å². The van der Waals surface area contributed by atoms with Crippen LogP contribution < -0.4 is 15.4 Å². The van der Waals surface area contributed by atoms with Gasteiger partial charge in [0.15, 0.2) is 0 Å². The van der Waals surface area contributed by atoms with Gasteiger partial charge in [-0.05, 0) is 43.2 Å². The van der Waals surface area contributed by atoms with Crippen molar-refractivity contribution in [2.24, 2.45) is 5.92 Å². The summed E-state index contributed by atoms with van der Waals surface area (Å²) in [6, 6.07) is 5.99. The lowest BCUT2D eigenvalue weighted by Gasteiger charge is -2.20. The smallest absolute Gasteiger partial charge is 0.317 e. The molecule has 0 saturated heterocycles. The highest BCUT2D eigenvalue weighted by molar-refractivity contribution is 5.76. The molecular formula is C20H29N3O3. The summed E-state index contributed by atoms with van der Waals surface area (Å²) in [5, 5.41) is 5.93. The first-order valence-electron chi connectivity index (χ1n) is 9.69. The third-order valence-corrected chi connectivity index (χ3v) is 4.84. The molecule has 0 unspecified atom stereocenters. The van der Waals surface area contributed by atoms with Crippen molar-refractivity contribution in [3.05, 3.63) is 29.3 Å². The third kappa shape index (κ3) is 5.38. The second kappa shape index (κ2) is 8.92. The number of nitrogens with one attached hydrogen (secondary N) is 2. The van der Waals surface area contributed by atoms with Crippen LogP contribution in [0.2, 0.25) is 0 Å². The van der Waals surface area contributed by atoms with E-state index in [2.05, 4.69) is 16.7 Å². The average Bonchev–Trinajstić information content (AvgIpc) is 3.48. The molecule has 6 nitrogen and oxygen atoms in total. The van der Waals surface area contributed by atoms with E-state index in [0.29, 0.717) is 45.0 Å². The molecule has 0 aromatic heterocycles. The molecule has 6 heteroatoms. The van der Waals surface area contributed by atoms with Crippen molar-refractivity contribution in [3.8, 4) is 5.75 Å². The highest BCUT2D eigenvalue weighted by atomic mass is 16.5. The fourth-order valence-corrected chi connectivity index (χ4v) is 3.05. The van der Waals surface area contributed by atoms with Gasteiger partial charge in [0, 0.05) is 25.1 Å². The lowest BCUT2D eigenvalue weighted by atomic mass is 10.0. The topological polar surface area (TPSA) is 70.7 Å². The fourth-order valence-electron chi connectivity index (χ4n) is 3.05. The predicted octanol–water partition coefficient (Wildman–Crippen LogP) is 2.46. The van der Waals surface area contributed by atoms with Crippen LogP contribution in [0.5, 0.6) is 5.75 Å². The van der Waals surface area contributed by atoms with Crippen molar-refractivity contribution >= 4 is 11.9 Å². The number of hydrogen-bond acceptors (Lipinski definition) is 3. The number of fused-ring (bicyclic) bond motifs is 1. The quantitative estimate of drug-likeness (QED) is 0.786. The largest absolute Gasteiger partial charge is 0.491 e. The van der Waals surface area contributed by atoms with Gasteiger partial charge in [-0.1, -0.05) is 19.1 Å². The number of ether oxygens (including phenoxy) is 1. The van der Waals surface area contributed by atoms with E-state index in [9.17, 15) is 9.59 Å². The van der Waals surface area contributed by atoms with Crippen LogP contribution in [0.1, 0.15) is 43.7 Å². The first-order chi connectivity index (χ1) is 12.7. The molecule has 2 N–H and O–H groups in total. The molecule has 1 aromatic rings. The Balaban J connectivity index is 1.56. The Hall–Kier alpha value is -2.24. The van der Waals surface area contributed by atoms with Gasteiger partial charge < -0.3 is 20.3 Å². The maximum Gasteiger partial charge on any atom is 0.317 e. The van der Waals surface area contributed by atoms with E-state index >= 15 is 0 Å². The second-order valence-corrected chi connectivity index (χ2v) is 7.19. The van der Waals surface area contributed by atoms with Gasteiger partial charge in [-0.25, -0.2) is 4.79 Å². The first-order valence-corrected chi connectivity index (χ1v) is 9.69. The van der Waals surface area contributed by atoms with E-state index in [4.69, 9.17) is 4.74 Å². The number of carbonyl (C=O) groups is 2. The molecule has 0 bridgehead atoms. The molecule has 3 rings (SSSR count). The SMILES string of the molecule is CCCNC(=O)N1CCOc2ccc(CCC(=O)NCC3CC3)cc2C1. The highest BCUT2D eigenvalue weighted by Gasteiger charge is 2.22. The van der Waals surface area contributed by atoms with Gasteiger partial charge >= 0.3 is 6.03 Å². The zero-order valence-electron chi connectivity index (χ0n) is 15.6. The Labute approximate surface area is 155 Å². The number of nitrogens with zero attached hydrogens (tertiary/aromatic N) is 1. The predicted molar refractivity (Wildman–Crippen MR) is 100 cm³/mol. The lowest BCUT2D eigenvalue weighted by Crippen LogP contribution is -2.40. The summed E-state index contributed by atoms with van der Waals surface area (Å²) < 4.78 is 5.78. The molecule has 26 heavy (non-hydrogen) atoms. The Bertz CT molecular complexity index is 643. The highest BCUT2D eigenvalue weighted by Crippen LogP contribution is 2.27. The number of hydrogen-bond donors (Lipinski definition) is 2. The third-order valence-electron chi connectivity index (χ3n) is 4.84. The van der Waals surface area contributed by atoms with Crippen LogP contribution in [0, 0.1) is 5.92 Å². The molecule has 1 aliphatic heterocycles. The molecule has 2 aliphatic rings. The summed E-state index contributed by atoms with van der Waals surface area (Å²) in [6.07, 6.45) is 4.60. The molecule has 0 atom stereocenters. The zero-order chi connectivity index (χ0) is 18.4. The number of benzene rings is 1. The van der Waals surface area contributed by atoms with Crippen molar-refractivity contribution in [1.82, 2.24) is 15.5 Å². The molecule has 0 radical (unpaired) electrons. The second-order valence-electron chi connectivity index (χ2n) is 7.19. The average molecular weight is 359 g/mol. The normalized spacial score (nSPS) is 16.3. The molecule has 0 spiro atoms. The van der Waals surface area contributed by atoms with E-state index in [0.717, 1.165) is 29.8 Å². The van der Waals surface area contributed by atoms with Gasteiger partial charge in [0.05, 0.1) is 13.1 Å². The van der Waals surface area contributed by atoms with Crippen LogP contribution in [0.4, 0.5) is 4.79 Å².